The second-order valence-corrected chi connectivity index (χ2v) is 3.35. The predicted octanol–water partition coefficient (Wildman–Crippen LogP) is 2.79. The van der Waals surface area contributed by atoms with E-state index in [-0.39, 0.29) is 0 Å². The fourth-order valence-corrected chi connectivity index (χ4v) is 1.23. The van der Waals surface area contributed by atoms with Crippen LogP contribution in [0.4, 0.5) is 4.79 Å². The summed E-state index contributed by atoms with van der Waals surface area (Å²) in [6, 6.07) is 0. The minimum absolute atomic E-state index is 0.678. The normalized spacial score (nSPS) is 14.9. The van der Waals surface area contributed by atoms with Crippen LogP contribution in [0.1, 0.15) is 38.5 Å². The number of hydrogen-bond donors (Lipinski definition) is 1. The molecule has 0 aromatic rings. The first-order chi connectivity index (χ1) is 6.63. The first-order valence-corrected chi connectivity index (χ1v) is 5.05. The highest BCUT2D eigenvalue weighted by molar-refractivity contribution is 6.61. The van der Waals surface area contributed by atoms with E-state index < -0.39 is 18.0 Å². The van der Waals surface area contributed by atoms with E-state index in [9.17, 15) is 9.59 Å². The molecule has 82 valence electrons. The molecule has 1 rings (SSSR count). The Morgan fingerprint density at radius 1 is 1.07 bits per heavy atom. The van der Waals surface area contributed by atoms with Crippen molar-refractivity contribution in [3.63, 3.8) is 0 Å². The number of aliphatic carboxylic acids is 1. The van der Waals surface area contributed by atoms with Crippen molar-refractivity contribution in [1.29, 1.82) is 0 Å². The van der Waals surface area contributed by atoms with Crippen LogP contribution in [0.15, 0.2) is 0 Å². The Morgan fingerprint density at radius 2 is 1.43 bits per heavy atom. The van der Waals surface area contributed by atoms with Crippen molar-refractivity contribution in [3.05, 3.63) is 0 Å². The van der Waals surface area contributed by atoms with Gasteiger partial charge in [0.25, 0.3) is 0 Å². The van der Waals surface area contributed by atoms with Crippen LogP contribution in [0.5, 0.6) is 0 Å². The van der Waals surface area contributed by atoms with Gasteiger partial charge in [0.15, 0.2) is 6.61 Å². The molecular formula is C9H15ClO4. The number of carboxylic acid groups (broad SMARTS) is 1. The molecule has 0 aliphatic heterocycles. The topological polar surface area (TPSA) is 63.6 Å². The van der Waals surface area contributed by atoms with Gasteiger partial charge >= 0.3 is 11.4 Å². The molecule has 0 heterocycles. The lowest BCUT2D eigenvalue weighted by atomic mass is 10.0. The summed E-state index contributed by atoms with van der Waals surface area (Å²) >= 11 is 4.60. The zero-order valence-corrected chi connectivity index (χ0v) is 8.76. The lowest BCUT2D eigenvalue weighted by Gasteiger charge is -2.05. The molecule has 0 aromatic carbocycles. The summed E-state index contributed by atoms with van der Waals surface area (Å²) in [5.74, 6) is -1.22. The van der Waals surface area contributed by atoms with Crippen LogP contribution in [0.2, 0.25) is 0 Å². The number of carbonyl (C=O) groups excluding carboxylic acids is 1. The first kappa shape index (κ1) is 13.2. The van der Waals surface area contributed by atoms with Crippen molar-refractivity contribution in [1.82, 2.24) is 0 Å². The molecule has 0 saturated heterocycles. The highest BCUT2D eigenvalue weighted by Gasteiger charge is 1.99. The first-order valence-electron chi connectivity index (χ1n) is 4.67. The van der Waals surface area contributed by atoms with Gasteiger partial charge in [-0.25, -0.2) is 9.59 Å². The second kappa shape index (κ2) is 8.81. The second-order valence-electron chi connectivity index (χ2n) is 3.04. The monoisotopic (exact) mass is 222 g/mol. The van der Waals surface area contributed by atoms with Crippen LogP contribution in [-0.4, -0.2) is 23.1 Å². The van der Waals surface area contributed by atoms with Crippen molar-refractivity contribution in [2.24, 2.45) is 0 Å². The van der Waals surface area contributed by atoms with Gasteiger partial charge in [-0.3, -0.25) is 0 Å². The number of carboxylic acids is 1. The molecule has 0 spiro atoms. The quantitative estimate of drug-likeness (QED) is 0.730. The lowest BCUT2D eigenvalue weighted by Crippen LogP contribution is -2.07. The SMILES string of the molecule is C1CCCCC1.O=C(O)COC(=O)Cl. The van der Waals surface area contributed by atoms with E-state index in [1.807, 2.05) is 0 Å². The molecule has 1 aliphatic carbocycles. The molecule has 1 fully saturated rings. The van der Waals surface area contributed by atoms with E-state index in [0.717, 1.165) is 0 Å². The van der Waals surface area contributed by atoms with Crippen LogP contribution < -0.4 is 0 Å². The average molecular weight is 223 g/mol. The number of halogens is 1. The van der Waals surface area contributed by atoms with Crippen LogP contribution in [-0.2, 0) is 9.53 Å². The third-order valence-corrected chi connectivity index (χ3v) is 1.92. The van der Waals surface area contributed by atoms with E-state index in [0.29, 0.717) is 0 Å². The summed E-state index contributed by atoms with van der Waals surface area (Å²) in [6.07, 6.45) is 9.00. The molecule has 0 unspecified atom stereocenters. The Labute approximate surface area is 88.2 Å². The van der Waals surface area contributed by atoms with Crippen LogP contribution in [0, 0.1) is 0 Å². The average Bonchev–Trinajstić information content (AvgIpc) is 2.18. The Balaban J connectivity index is 0.000000249. The van der Waals surface area contributed by atoms with Gasteiger partial charge in [-0.2, -0.15) is 0 Å². The van der Waals surface area contributed by atoms with Crippen molar-refractivity contribution in [2.45, 2.75) is 38.5 Å². The van der Waals surface area contributed by atoms with Crippen molar-refractivity contribution in [3.8, 4) is 0 Å². The lowest BCUT2D eigenvalue weighted by molar-refractivity contribution is -0.140. The Bertz CT molecular complexity index is 152. The third kappa shape index (κ3) is 11.2. The molecule has 4 nitrogen and oxygen atoms in total. The number of rotatable bonds is 2. The molecule has 14 heavy (non-hydrogen) atoms. The molecule has 0 bridgehead atoms. The molecule has 1 N–H and O–H groups in total. The predicted molar refractivity (Wildman–Crippen MR) is 52.5 cm³/mol. The Morgan fingerprint density at radius 3 is 1.57 bits per heavy atom. The van der Waals surface area contributed by atoms with Gasteiger partial charge in [-0.05, 0) is 0 Å². The van der Waals surface area contributed by atoms with Gasteiger partial charge < -0.3 is 9.84 Å². The van der Waals surface area contributed by atoms with Gasteiger partial charge in [-0.1, -0.05) is 38.5 Å². The molecule has 0 amide bonds. The summed E-state index contributed by atoms with van der Waals surface area (Å²) in [4.78, 5) is 19.2. The van der Waals surface area contributed by atoms with Gasteiger partial charge in [0.1, 0.15) is 0 Å². The smallest absolute Gasteiger partial charge is 0.404 e. The Hall–Kier alpha value is -0.770. The molecule has 1 aliphatic rings. The van der Waals surface area contributed by atoms with Crippen molar-refractivity contribution >= 4 is 23.0 Å². The molecule has 0 radical (unpaired) electrons. The largest absolute Gasteiger partial charge is 0.479 e. The minimum Gasteiger partial charge on any atom is -0.479 e. The molecule has 0 aromatic heterocycles. The Kier molecular flexibility index (Phi) is 8.33. The zero-order chi connectivity index (χ0) is 10.8. The zero-order valence-electron chi connectivity index (χ0n) is 8.00. The number of hydrogen-bond acceptors (Lipinski definition) is 3. The van der Waals surface area contributed by atoms with Crippen LogP contribution in [0.25, 0.3) is 0 Å². The standard InChI is InChI=1S/C6H12.C3H3ClO4/c1-2-4-6-5-3-1;4-3(7)8-1-2(5)6/h1-6H2;1H2,(H,5,6). The maximum atomic E-state index is 9.63. The summed E-state index contributed by atoms with van der Waals surface area (Å²) < 4.78 is 3.83. The van der Waals surface area contributed by atoms with Crippen molar-refractivity contribution in [2.75, 3.05) is 6.61 Å². The maximum absolute atomic E-state index is 9.63. The highest BCUT2D eigenvalue weighted by Crippen LogP contribution is 2.15. The van der Waals surface area contributed by atoms with E-state index in [2.05, 4.69) is 16.3 Å². The van der Waals surface area contributed by atoms with E-state index in [1.165, 1.54) is 38.5 Å². The summed E-state index contributed by atoms with van der Waals surface area (Å²) in [7, 11) is 0. The van der Waals surface area contributed by atoms with Crippen molar-refractivity contribution < 1.29 is 19.4 Å². The van der Waals surface area contributed by atoms with E-state index >= 15 is 0 Å². The van der Waals surface area contributed by atoms with E-state index in [1.54, 1.807) is 0 Å². The van der Waals surface area contributed by atoms with Gasteiger partial charge in [-0.15, -0.1) is 0 Å². The minimum atomic E-state index is -1.22. The third-order valence-electron chi connectivity index (χ3n) is 1.81. The fraction of sp³-hybridized carbons (Fsp3) is 0.778. The molecular weight excluding hydrogens is 208 g/mol. The summed E-state index contributed by atoms with van der Waals surface area (Å²) in [5.41, 5.74) is -1.10. The van der Waals surface area contributed by atoms with Gasteiger partial charge in [0, 0.05) is 11.6 Å². The fourth-order valence-electron chi connectivity index (χ4n) is 1.18. The van der Waals surface area contributed by atoms with E-state index in [4.69, 9.17) is 5.11 Å². The summed E-state index contributed by atoms with van der Waals surface area (Å²) in [5, 5.41) is 7.83. The van der Waals surface area contributed by atoms with Gasteiger partial charge in [0.2, 0.25) is 0 Å². The van der Waals surface area contributed by atoms with Crippen LogP contribution in [0.3, 0.4) is 0 Å². The number of ether oxygens (including phenoxy) is 1. The maximum Gasteiger partial charge on any atom is 0.404 e. The molecule has 0 atom stereocenters. The molecule has 5 heteroatoms. The number of carbonyl (C=O) groups is 2. The van der Waals surface area contributed by atoms with Gasteiger partial charge in [0.05, 0.1) is 0 Å². The van der Waals surface area contributed by atoms with Crippen LogP contribution >= 0.6 is 11.6 Å². The highest BCUT2D eigenvalue weighted by atomic mass is 35.5. The summed E-state index contributed by atoms with van der Waals surface area (Å²) in [6.45, 7) is -0.678. The molecule has 1 saturated carbocycles.